The van der Waals surface area contributed by atoms with Gasteiger partial charge in [-0.05, 0) is 85.8 Å². The Balaban J connectivity index is 1.86. The van der Waals surface area contributed by atoms with Crippen LogP contribution < -0.4 is 20.5 Å². The summed E-state index contributed by atoms with van der Waals surface area (Å²) >= 11 is 1.50. The Morgan fingerprint density at radius 2 is 1.75 bits per heavy atom. The fourth-order valence-corrected chi connectivity index (χ4v) is 3.97. The van der Waals surface area contributed by atoms with E-state index < -0.39 is 5.54 Å². The van der Waals surface area contributed by atoms with Crippen molar-refractivity contribution in [3.63, 3.8) is 0 Å². The largest absolute Gasteiger partial charge is 0.493 e. The van der Waals surface area contributed by atoms with Gasteiger partial charge in [-0.15, -0.1) is 4.91 Å². The Morgan fingerprint density at radius 3 is 2.50 bits per heavy atom. The minimum absolute atomic E-state index is 0.582. The number of anilines is 2. The third kappa shape index (κ3) is 6.02. The number of rotatable bonds is 11. The molecule has 0 fully saturated rings. The van der Waals surface area contributed by atoms with Crippen LogP contribution in [0, 0.1) is 4.91 Å². The van der Waals surface area contributed by atoms with E-state index in [4.69, 9.17) is 10.5 Å². The van der Waals surface area contributed by atoms with Gasteiger partial charge in [0.1, 0.15) is 11.3 Å². The zero-order valence-electron chi connectivity index (χ0n) is 18.7. The van der Waals surface area contributed by atoms with Gasteiger partial charge in [0.25, 0.3) is 0 Å². The van der Waals surface area contributed by atoms with Gasteiger partial charge in [0.05, 0.1) is 11.5 Å². The summed E-state index contributed by atoms with van der Waals surface area (Å²) < 4.78 is 9.25. The van der Waals surface area contributed by atoms with E-state index >= 15 is 0 Å². The maximum atomic E-state index is 11.3. The van der Waals surface area contributed by atoms with E-state index in [2.05, 4.69) is 21.3 Å². The van der Waals surface area contributed by atoms with Gasteiger partial charge in [0, 0.05) is 24.5 Å². The minimum atomic E-state index is -0.774. The number of nitrogens with zero attached hydrogens (tertiary/aromatic N) is 1. The van der Waals surface area contributed by atoms with Crippen molar-refractivity contribution in [2.45, 2.75) is 31.2 Å². The third-order valence-corrected chi connectivity index (χ3v) is 5.87. The van der Waals surface area contributed by atoms with Gasteiger partial charge in [-0.3, -0.25) is 0 Å². The van der Waals surface area contributed by atoms with Crippen LogP contribution in [0.15, 0.2) is 76.8 Å². The van der Waals surface area contributed by atoms with Gasteiger partial charge in [-0.2, -0.15) is 0 Å². The topological polar surface area (TPSA) is 88.7 Å². The number of nitroso groups, excluding NO2 is 1. The monoisotopic (exact) mass is 450 g/mol. The highest BCUT2D eigenvalue weighted by molar-refractivity contribution is 8.00. The third-order valence-electron chi connectivity index (χ3n) is 4.99. The molecule has 7 heteroatoms. The van der Waals surface area contributed by atoms with E-state index in [0.29, 0.717) is 13.2 Å². The molecule has 0 aliphatic carbocycles. The first-order valence-electron chi connectivity index (χ1n) is 10.7. The summed E-state index contributed by atoms with van der Waals surface area (Å²) in [6, 6.07) is 22.1. The van der Waals surface area contributed by atoms with Crippen LogP contribution in [0.2, 0.25) is 0 Å². The van der Waals surface area contributed by atoms with Crippen molar-refractivity contribution in [3.8, 4) is 16.9 Å². The molecule has 0 radical (unpaired) electrons. The summed E-state index contributed by atoms with van der Waals surface area (Å²) in [5.74, 6) is 0.817. The van der Waals surface area contributed by atoms with Crippen LogP contribution in [-0.4, -0.2) is 19.7 Å². The summed E-state index contributed by atoms with van der Waals surface area (Å²) in [6.07, 6.45) is 0. The van der Waals surface area contributed by atoms with Crippen molar-refractivity contribution in [3.05, 3.63) is 77.2 Å². The number of hydrogen-bond donors (Lipinski definition) is 3. The lowest BCUT2D eigenvalue weighted by atomic mass is 9.92. The standard InChI is InChI=1S/C25H30N4O2S/c1-4-31-23-12-11-19(18-7-5-8-20(15-18)25(2,3)29-30)16-24(23)32-28-22-10-6-9-21(17-22)27-14-13-26/h5-12,15-17,27-28H,4,13-14,26H2,1-3H3. The Kier molecular flexibility index (Phi) is 8.14. The van der Waals surface area contributed by atoms with E-state index in [9.17, 15) is 4.91 Å². The van der Waals surface area contributed by atoms with Crippen LogP contribution in [0.5, 0.6) is 5.75 Å². The first-order chi connectivity index (χ1) is 15.5. The van der Waals surface area contributed by atoms with E-state index in [-0.39, 0.29) is 0 Å². The zero-order chi connectivity index (χ0) is 23.0. The fourth-order valence-electron chi connectivity index (χ4n) is 3.20. The summed E-state index contributed by atoms with van der Waals surface area (Å²) in [5.41, 5.74) is 9.75. The van der Waals surface area contributed by atoms with Gasteiger partial charge in [0.15, 0.2) is 0 Å². The molecular weight excluding hydrogens is 420 g/mol. The molecule has 0 saturated heterocycles. The van der Waals surface area contributed by atoms with Crippen LogP contribution >= 0.6 is 11.9 Å². The predicted octanol–water partition coefficient (Wildman–Crippen LogP) is 6.24. The average Bonchev–Trinajstić information content (AvgIpc) is 2.82. The molecule has 0 heterocycles. The minimum Gasteiger partial charge on any atom is -0.493 e. The first kappa shape index (κ1) is 23.6. The Morgan fingerprint density at radius 1 is 1.00 bits per heavy atom. The van der Waals surface area contributed by atoms with Crippen LogP contribution in [0.3, 0.4) is 0 Å². The van der Waals surface area contributed by atoms with Crippen LogP contribution in [0.1, 0.15) is 26.3 Å². The molecule has 32 heavy (non-hydrogen) atoms. The second kappa shape index (κ2) is 11.0. The SMILES string of the molecule is CCOc1ccc(-c2cccc(C(C)(C)N=O)c2)cc1SNc1cccc(NCCN)c1. The number of ether oxygens (including phenoxy) is 1. The van der Waals surface area contributed by atoms with Gasteiger partial charge < -0.3 is 20.5 Å². The molecule has 0 amide bonds. The Labute approximate surface area is 194 Å². The number of benzene rings is 3. The molecule has 0 bridgehead atoms. The van der Waals surface area contributed by atoms with Crippen LogP contribution in [0.25, 0.3) is 11.1 Å². The molecule has 4 N–H and O–H groups in total. The lowest BCUT2D eigenvalue weighted by molar-refractivity contribution is 0.332. The van der Waals surface area contributed by atoms with Gasteiger partial charge >= 0.3 is 0 Å². The van der Waals surface area contributed by atoms with E-state index in [1.807, 2.05) is 81.4 Å². The molecule has 3 aromatic carbocycles. The Bertz CT molecular complexity index is 1060. The summed E-state index contributed by atoms with van der Waals surface area (Å²) in [6.45, 7) is 7.50. The smallest absolute Gasteiger partial charge is 0.134 e. The number of nitrogens with two attached hydrogens (primary N) is 1. The summed E-state index contributed by atoms with van der Waals surface area (Å²) in [7, 11) is 0. The van der Waals surface area contributed by atoms with Crippen molar-refractivity contribution < 1.29 is 4.74 Å². The van der Waals surface area contributed by atoms with Crippen molar-refractivity contribution in [1.29, 1.82) is 0 Å². The molecular formula is C25H30N4O2S. The molecule has 0 atom stereocenters. The lowest BCUT2D eigenvalue weighted by Gasteiger charge is -2.17. The van der Waals surface area contributed by atoms with Crippen molar-refractivity contribution in [1.82, 2.24) is 0 Å². The molecule has 0 spiro atoms. The van der Waals surface area contributed by atoms with Crippen LogP contribution in [-0.2, 0) is 5.54 Å². The molecule has 3 rings (SSSR count). The first-order valence-corrected chi connectivity index (χ1v) is 11.5. The van der Waals surface area contributed by atoms with Gasteiger partial charge in [0.2, 0.25) is 0 Å². The molecule has 0 aliphatic rings. The normalized spacial score (nSPS) is 11.1. The molecule has 0 unspecified atom stereocenters. The highest BCUT2D eigenvalue weighted by Crippen LogP contribution is 2.36. The predicted molar refractivity (Wildman–Crippen MR) is 135 cm³/mol. The second-order valence-corrected chi connectivity index (χ2v) is 8.67. The maximum absolute atomic E-state index is 11.3. The highest BCUT2D eigenvalue weighted by atomic mass is 32.2. The van der Waals surface area contributed by atoms with Crippen molar-refractivity contribution >= 4 is 23.3 Å². The van der Waals surface area contributed by atoms with Gasteiger partial charge in [-0.1, -0.05) is 35.5 Å². The van der Waals surface area contributed by atoms with Gasteiger partial charge in [-0.25, -0.2) is 0 Å². The quantitative estimate of drug-likeness (QED) is 0.237. The van der Waals surface area contributed by atoms with E-state index in [1.54, 1.807) is 0 Å². The summed E-state index contributed by atoms with van der Waals surface area (Å²) in [4.78, 5) is 12.2. The molecule has 0 aromatic heterocycles. The molecule has 6 nitrogen and oxygen atoms in total. The number of hydrogen-bond acceptors (Lipinski definition) is 7. The Hall–Kier alpha value is -3.03. The highest BCUT2D eigenvalue weighted by Gasteiger charge is 2.21. The van der Waals surface area contributed by atoms with E-state index in [1.165, 1.54) is 11.9 Å². The zero-order valence-corrected chi connectivity index (χ0v) is 19.5. The maximum Gasteiger partial charge on any atom is 0.134 e. The summed E-state index contributed by atoms with van der Waals surface area (Å²) in [5, 5.41) is 6.56. The van der Waals surface area contributed by atoms with Crippen LogP contribution in [0.4, 0.5) is 11.4 Å². The molecule has 168 valence electrons. The van der Waals surface area contributed by atoms with Crippen molar-refractivity contribution in [2.75, 3.05) is 29.7 Å². The van der Waals surface area contributed by atoms with E-state index in [0.717, 1.165) is 45.3 Å². The number of nitrogens with one attached hydrogen (secondary N) is 2. The molecule has 3 aromatic rings. The molecule has 0 saturated carbocycles. The average molecular weight is 451 g/mol. The molecule has 0 aliphatic heterocycles. The fraction of sp³-hybridized carbons (Fsp3) is 0.280. The second-order valence-electron chi connectivity index (χ2n) is 7.83. The lowest BCUT2D eigenvalue weighted by Crippen LogP contribution is -2.12. The van der Waals surface area contributed by atoms with Crippen molar-refractivity contribution in [2.24, 2.45) is 10.9 Å².